The maximum atomic E-state index is 5.75. The molecule has 1 aromatic carbocycles. The first-order chi connectivity index (χ1) is 9.78. The predicted octanol–water partition coefficient (Wildman–Crippen LogP) is 2.43. The zero-order valence-corrected chi connectivity index (χ0v) is 11.9. The lowest BCUT2D eigenvalue weighted by Crippen LogP contribution is -2.30. The van der Waals surface area contributed by atoms with Crippen molar-refractivity contribution in [3.63, 3.8) is 0 Å². The van der Waals surface area contributed by atoms with E-state index in [0.717, 1.165) is 12.1 Å². The number of nitrogens with zero attached hydrogens (tertiary/aromatic N) is 2. The number of rotatable bonds is 4. The van der Waals surface area contributed by atoms with Crippen molar-refractivity contribution in [2.45, 2.75) is 37.6 Å². The van der Waals surface area contributed by atoms with Crippen molar-refractivity contribution in [3.8, 4) is 0 Å². The summed E-state index contributed by atoms with van der Waals surface area (Å²) in [6.07, 6.45) is 6.68. The van der Waals surface area contributed by atoms with Gasteiger partial charge in [0.05, 0.1) is 11.7 Å². The zero-order valence-electron chi connectivity index (χ0n) is 11.9. The van der Waals surface area contributed by atoms with Crippen LogP contribution in [0.3, 0.4) is 0 Å². The minimum Gasteiger partial charge on any atom is -0.275 e. The topological polar surface area (TPSA) is 55.9 Å². The van der Waals surface area contributed by atoms with E-state index < -0.39 is 0 Å². The van der Waals surface area contributed by atoms with Gasteiger partial charge in [-0.15, -0.1) is 0 Å². The molecule has 2 atom stereocenters. The van der Waals surface area contributed by atoms with Crippen molar-refractivity contribution in [2.24, 2.45) is 12.9 Å². The van der Waals surface area contributed by atoms with Crippen molar-refractivity contribution >= 4 is 0 Å². The molecule has 0 saturated heterocycles. The summed E-state index contributed by atoms with van der Waals surface area (Å²) in [5, 5.41) is 4.48. The Morgan fingerprint density at radius 2 is 2.25 bits per heavy atom. The smallest absolute Gasteiger partial charge is 0.0807 e. The number of nitrogens with two attached hydrogens (primary N) is 1. The van der Waals surface area contributed by atoms with Crippen molar-refractivity contribution in [1.29, 1.82) is 0 Å². The monoisotopic (exact) mass is 270 g/mol. The minimum atomic E-state index is 0.118. The molecule has 106 valence electrons. The number of hydrazine groups is 1. The summed E-state index contributed by atoms with van der Waals surface area (Å²) >= 11 is 0. The summed E-state index contributed by atoms with van der Waals surface area (Å²) in [4.78, 5) is 0. The first-order valence-corrected chi connectivity index (χ1v) is 7.31. The molecule has 2 aromatic rings. The third kappa shape index (κ3) is 2.62. The molecule has 0 bridgehead atoms. The quantitative estimate of drug-likeness (QED) is 0.662. The Bertz CT molecular complexity index is 575. The van der Waals surface area contributed by atoms with Crippen molar-refractivity contribution < 1.29 is 0 Å². The largest absolute Gasteiger partial charge is 0.275 e. The SMILES string of the molecule is Cn1ccc(C(CC2CCCc3ccccc32)NN)n1. The molecular formula is C16H22N4. The Labute approximate surface area is 120 Å². The minimum absolute atomic E-state index is 0.118. The van der Waals surface area contributed by atoms with Crippen LogP contribution in [0.25, 0.3) is 0 Å². The van der Waals surface area contributed by atoms with Gasteiger partial charge in [0, 0.05) is 13.2 Å². The lowest BCUT2D eigenvalue weighted by molar-refractivity contribution is 0.417. The van der Waals surface area contributed by atoms with E-state index in [1.807, 2.05) is 24.0 Å². The molecule has 1 heterocycles. The molecule has 1 aliphatic rings. The van der Waals surface area contributed by atoms with E-state index in [1.54, 1.807) is 0 Å². The predicted molar refractivity (Wildman–Crippen MR) is 80.0 cm³/mol. The molecule has 0 spiro atoms. The Kier molecular flexibility index (Phi) is 3.85. The molecule has 3 rings (SSSR count). The number of nitrogens with one attached hydrogen (secondary N) is 1. The third-order valence-electron chi connectivity index (χ3n) is 4.31. The second-order valence-electron chi connectivity index (χ2n) is 5.66. The number of aromatic nitrogens is 2. The molecular weight excluding hydrogens is 248 g/mol. The van der Waals surface area contributed by atoms with Gasteiger partial charge in [-0.05, 0) is 48.8 Å². The molecule has 4 nitrogen and oxygen atoms in total. The lowest BCUT2D eigenvalue weighted by atomic mass is 9.79. The summed E-state index contributed by atoms with van der Waals surface area (Å²) in [5.41, 5.74) is 6.96. The first-order valence-electron chi connectivity index (χ1n) is 7.31. The van der Waals surface area contributed by atoms with E-state index in [-0.39, 0.29) is 6.04 Å². The first kappa shape index (κ1) is 13.3. The van der Waals surface area contributed by atoms with Crippen LogP contribution in [0, 0.1) is 0 Å². The Hall–Kier alpha value is -1.65. The highest BCUT2D eigenvalue weighted by molar-refractivity contribution is 5.33. The van der Waals surface area contributed by atoms with E-state index in [2.05, 4.69) is 34.8 Å². The molecule has 2 unspecified atom stereocenters. The van der Waals surface area contributed by atoms with Gasteiger partial charge in [-0.25, -0.2) is 0 Å². The maximum absolute atomic E-state index is 5.75. The van der Waals surface area contributed by atoms with Crippen LogP contribution >= 0.6 is 0 Å². The number of hydrogen-bond acceptors (Lipinski definition) is 3. The van der Waals surface area contributed by atoms with Crippen LogP contribution in [0.2, 0.25) is 0 Å². The number of benzene rings is 1. The van der Waals surface area contributed by atoms with Gasteiger partial charge in [-0.2, -0.15) is 5.10 Å². The molecule has 0 fully saturated rings. The van der Waals surface area contributed by atoms with Crippen LogP contribution in [0.15, 0.2) is 36.5 Å². The molecule has 1 aliphatic carbocycles. The van der Waals surface area contributed by atoms with Crippen LogP contribution in [0.4, 0.5) is 0 Å². The molecule has 0 aliphatic heterocycles. The fraction of sp³-hybridized carbons (Fsp3) is 0.438. The number of hydrogen-bond donors (Lipinski definition) is 2. The van der Waals surface area contributed by atoms with E-state index >= 15 is 0 Å². The van der Waals surface area contributed by atoms with Gasteiger partial charge in [0.1, 0.15) is 0 Å². The van der Waals surface area contributed by atoms with Gasteiger partial charge in [0.2, 0.25) is 0 Å². The summed E-state index contributed by atoms with van der Waals surface area (Å²) in [5.74, 6) is 6.32. The highest BCUT2D eigenvalue weighted by Crippen LogP contribution is 2.37. The van der Waals surface area contributed by atoms with Gasteiger partial charge in [-0.1, -0.05) is 24.3 Å². The highest BCUT2D eigenvalue weighted by atomic mass is 15.3. The summed E-state index contributed by atoms with van der Waals surface area (Å²) in [6, 6.07) is 11.0. The van der Waals surface area contributed by atoms with Crippen molar-refractivity contribution in [3.05, 3.63) is 53.3 Å². The molecule has 3 N–H and O–H groups in total. The maximum Gasteiger partial charge on any atom is 0.0807 e. The van der Waals surface area contributed by atoms with Crippen LogP contribution in [-0.2, 0) is 13.5 Å². The number of fused-ring (bicyclic) bond motifs is 1. The van der Waals surface area contributed by atoms with E-state index in [0.29, 0.717) is 5.92 Å². The fourth-order valence-corrected chi connectivity index (χ4v) is 3.28. The fourth-order valence-electron chi connectivity index (χ4n) is 3.28. The Morgan fingerprint density at radius 3 is 3.00 bits per heavy atom. The van der Waals surface area contributed by atoms with E-state index in [9.17, 15) is 0 Å². The molecule has 0 saturated carbocycles. The lowest BCUT2D eigenvalue weighted by Gasteiger charge is -2.28. The van der Waals surface area contributed by atoms with E-state index in [4.69, 9.17) is 5.84 Å². The van der Waals surface area contributed by atoms with Gasteiger partial charge in [0.15, 0.2) is 0 Å². The van der Waals surface area contributed by atoms with E-state index in [1.165, 1.54) is 30.4 Å². The van der Waals surface area contributed by atoms with Crippen LogP contribution in [0.1, 0.15) is 48.0 Å². The van der Waals surface area contributed by atoms with Gasteiger partial charge < -0.3 is 0 Å². The second kappa shape index (κ2) is 5.77. The zero-order chi connectivity index (χ0) is 13.9. The normalized spacial score (nSPS) is 19.6. The van der Waals surface area contributed by atoms with Crippen molar-refractivity contribution in [1.82, 2.24) is 15.2 Å². The molecule has 0 amide bonds. The van der Waals surface area contributed by atoms with Crippen LogP contribution in [-0.4, -0.2) is 9.78 Å². The Morgan fingerprint density at radius 1 is 1.40 bits per heavy atom. The standard InChI is InChI=1S/C16H22N4/c1-20-10-9-15(19-20)16(18-17)11-13-7-4-6-12-5-2-3-8-14(12)13/h2-3,5,8-10,13,16,18H,4,6-7,11,17H2,1H3. The second-order valence-corrected chi connectivity index (χ2v) is 5.66. The molecule has 0 radical (unpaired) electrons. The Balaban J connectivity index is 1.80. The highest BCUT2D eigenvalue weighted by Gasteiger charge is 2.24. The van der Waals surface area contributed by atoms with Gasteiger partial charge in [-0.3, -0.25) is 16.0 Å². The van der Waals surface area contributed by atoms with Gasteiger partial charge >= 0.3 is 0 Å². The molecule has 4 heteroatoms. The summed E-state index contributed by atoms with van der Waals surface area (Å²) < 4.78 is 1.83. The average molecular weight is 270 g/mol. The van der Waals surface area contributed by atoms with Crippen LogP contribution in [0.5, 0.6) is 0 Å². The molecule has 1 aromatic heterocycles. The summed E-state index contributed by atoms with van der Waals surface area (Å²) in [7, 11) is 1.94. The molecule has 20 heavy (non-hydrogen) atoms. The average Bonchev–Trinajstić information content (AvgIpc) is 2.91. The van der Waals surface area contributed by atoms with Gasteiger partial charge in [0.25, 0.3) is 0 Å². The third-order valence-corrected chi connectivity index (χ3v) is 4.31. The number of aryl methyl sites for hydroxylation is 2. The summed E-state index contributed by atoms with van der Waals surface area (Å²) in [6.45, 7) is 0. The van der Waals surface area contributed by atoms with Crippen LogP contribution < -0.4 is 11.3 Å². The van der Waals surface area contributed by atoms with Crippen molar-refractivity contribution in [2.75, 3.05) is 0 Å².